The van der Waals surface area contributed by atoms with Gasteiger partial charge in [0.25, 0.3) is 0 Å². The maximum absolute atomic E-state index is 11.7. The molecular weight excluding hydrogens is 262 g/mol. The lowest BCUT2D eigenvalue weighted by atomic mass is 9.96. The normalized spacial score (nSPS) is 18.6. The van der Waals surface area contributed by atoms with Crippen LogP contribution in [0.25, 0.3) is 0 Å². The standard InChI is InChI=1S/C17H27N3O/c1-3-19-17(2,16(18)21)10-13-20-11-8-14-6-4-5-7-15(14)9-12-20/h4-7,19H,3,8-13H2,1-2H3,(H2,18,21). The van der Waals surface area contributed by atoms with Gasteiger partial charge in [-0.2, -0.15) is 0 Å². The number of likely N-dealkylation sites (N-methyl/N-ethyl adjacent to an activating group) is 1. The lowest BCUT2D eigenvalue weighted by Crippen LogP contribution is -2.54. The van der Waals surface area contributed by atoms with E-state index in [1.807, 2.05) is 13.8 Å². The highest BCUT2D eigenvalue weighted by atomic mass is 16.1. The van der Waals surface area contributed by atoms with Crippen molar-refractivity contribution in [1.29, 1.82) is 0 Å². The van der Waals surface area contributed by atoms with E-state index in [0.717, 1.165) is 45.4 Å². The van der Waals surface area contributed by atoms with Crippen LogP contribution in [0.1, 0.15) is 31.4 Å². The average molecular weight is 289 g/mol. The summed E-state index contributed by atoms with van der Waals surface area (Å²) in [6.07, 6.45) is 2.93. The van der Waals surface area contributed by atoms with Crippen molar-refractivity contribution in [1.82, 2.24) is 10.2 Å². The van der Waals surface area contributed by atoms with E-state index in [1.54, 1.807) is 0 Å². The summed E-state index contributed by atoms with van der Waals surface area (Å²) >= 11 is 0. The quantitative estimate of drug-likeness (QED) is 0.830. The van der Waals surface area contributed by atoms with Gasteiger partial charge in [-0.05, 0) is 43.9 Å². The molecule has 1 aromatic rings. The van der Waals surface area contributed by atoms with Gasteiger partial charge in [0.2, 0.25) is 5.91 Å². The summed E-state index contributed by atoms with van der Waals surface area (Å²) in [4.78, 5) is 14.1. The Morgan fingerprint density at radius 2 is 1.86 bits per heavy atom. The molecule has 0 fully saturated rings. The molecule has 0 bridgehead atoms. The van der Waals surface area contributed by atoms with Crippen LogP contribution in [0.4, 0.5) is 0 Å². The zero-order valence-electron chi connectivity index (χ0n) is 13.2. The van der Waals surface area contributed by atoms with Crippen molar-refractivity contribution in [2.45, 2.75) is 38.6 Å². The molecule has 2 rings (SSSR count). The van der Waals surface area contributed by atoms with E-state index in [2.05, 4.69) is 34.5 Å². The minimum atomic E-state index is -0.603. The minimum Gasteiger partial charge on any atom is -0.368 e. The third kappa shape index (κ3) is 4.05. The molecular formula is C17H27N3O. The SMILES string of the molecule is CCNC(C)(CCN1CCc2ccccc2CC1)C(N)=O. The number of nitrogens with zero attached hydrogens (tertiary/aromatic N) is 1. The molecule has 1 unspecified atom stereocenters. The molecule has 0 spiro atoms. The van der Waals surface area contributed by atoms with Gasteiger partial charge in [-0.15, -0.1) is 0 Å². The second-order valence-electron chi connectivity index (χ2n) is 6.09. The molecule has 1 aliphatic heterocycles. The number of benzene rings is 1. The Balaban J connectivity index is 1.92. The van der Waals surface area contributed by atoms with Crippen LogP contribution in [-0.2, 0) is 17.6 Å². The number of amides is 1. The number of primary amides is 1. The van der Waals surface area contributed by atoms with Crippen molar-refractivity contribution < 1.29 is 4.79 Å². The Bertz CT molecular complexity index is 462. The van der Waals surface area contributed by atoms with E-state index in [1.165, 1.54) is 11.1 Å². The van der Waals surface area contributed by atoms with Crippen molar-refractivity contribution in [2.75, 3.05) is 26.2 Å². The van der Waals surface area contributed by atoms with Gasteiger partial charge in [-0.1, -0.05) is 31.2 Å². The highest BCUT2D eigenvalue weighted by molar-refractivity contribution is 5.84. The average Bonchev–Trinajstić information content (AvgIpc) is 2.68. The number of carbonyl (C=O) groups is 1. The Morgan fingerprint density at radius 1 is 1.29 bits per heavy atom. The maximum Gasteiger partial charge on any atom is 0.237 e. The molecule has 0 radical (unpaired) electrons. The van der Waals surface area contributed by atoms with Crippen LogP contribution < -0.4 is 11.1 Å². The van der Waals surface area contributed by atoms with E-state index in [-0.39, 0.29) is 5.91 Å². The zero-order valence-corrected chi connectivity index (χ0v) is 13.2. The van der Waals surface area contributed by atoms with Crippen LogP contribution in [0, 0.1) is 0 Å². The van der Waals surface area contributed by atoms with Crippen molar-refractivity contribution in [2.24, 2.45) is 5.73 Å². The minimum absolute atomic E-state index is 0.262. The van der Waals surface area contributed by atoms with Gasteiger partial charge in [-0.3, -0.25) is 4.79 Å². The van der Waals surface area contributed by atoms with Gasteiger partial charge >= 0.3 is 0 Å². The van der Waals surface area contributed by atoms with Crippen LogP contribution in [0.3, 0.4) is 0 Å². The Labute approximate surface area is 127 Å². The molecule has 3 N–H and O–H groups in total. The van der Waals surface area contributed by atoms with Crippen molar-refractivity contribution >= 4 is 5.91 Å². The van der Waals surface area contributed by atoms with E-state index in [0.29, 0.717) is 0 Å². The lowest BCUT2D eigenvalue weighted by molar-refractivity contribution is -0.124. The molecule has 116 valence electrons. The second kappa shape index (κ2) is 7.05. The number of fused-ring (bicyclic) bond motifs is 1. The number of rotatable bonds is 6. The zero-order chi connectivity index (χ0) is 15.3. The van der Waals surface area contributed by atoms with Gasteiger partial charge in [0.05, 0.1) is 5.54 Å². The number of hydrogen-bond donors (Lipinski definition) is 2. The van der Waals surface area contributed by atoms with Gasteiger partial charge in [0, 0.05) is 19.6 Å². The molecule has 4 nitrogen and oxygen atoms in total. The van der Waals surface area contributed by atoms with Crippen molar-refractivity contribution in [3.05, 3.63) is 35.4 Å². The molecule has 21 heavy (non-hydrogen) atoms. The van der Waals surface area contributed by atoms with Crippen LogP contribution in [0.2, 0.25) is 0 Å². The number of nitrogens with one attached hydrogen (secondary N) is 1. The fourth-order valence-corrected chi connectivity index (χ4v) is 3.01. The summed E-state index contributed by atoms with van der Waals surface area (Å²) in [6.45, 7) is 7.68. The highest BCUT2D eigenvalue weighted by Crippen LogP contribution is 2.17. The van der Waals surface area contributed by atoms with Crippen LogP contribution in [0.5, 0.6) is 0 Å². The summed E-state index contributed by atoms with van der Waals surface area (Å²) in [5.41, 5.74) is 7.87. The summed E-state index contributed by atoms with van der Waals surface area (Å²) < 4.78 is 0. The molecule has 1 aromatic carbocycles. The smallest absolute Gasteiger partial charge is 0.237 e. The first-order valence-corrected chi connectivity index (χ1v) is 7.89. The molecule has 0 saturated heterocycles. The van der Waals surface area contributed by atoms with Gasteiger partial charge in [0.1, 0.15) is 0 Å². The van der Waals surface area contributed by atoms with Gasteiger partial charge in [-0.25, -0.2) is 0 Å². The predicted molar refractivity (Wildman–Crippen MR) is 86.2 cm³/mol. The first-order valence-electron chi connectivity index (χ1n) is 7.89. The number of hydrogen-bond acceptors (Lipinski definition) is 3. The Hall–Kier alpha value is -1.39. The second-order valence-corrected chi connectivity index (χ2v) is 6.09. The summed E-state index contributed by atoms with van der Waals surface area (Å²) in [7, 11) is 0. The van der Waals surface area contributed by atoms with E-state index < -0.39 is 5.54 Å². The third-order valence-corrected chi connectivity index (χ3v) is 4.55. The summed E-state index contributed by atoms with van der Waals surface area (Å²) in [5, 5.41) is 3.23. The first kappa shape index (κ1) is 16.0. The number of nitrogens with two attached hydrogens (primary N) is 1. The third-order valence-electron chi connectivity index (χ3n) is 4.55. The predicted octanol–water partition coefficient (Wildman–Crippen LogP) is 1.33. The molecule has 1 aliphatic rings. The van der Waals surface area contributed by atoms with E-state index >= 15 is 0 Å². The number of carbonyl (C=O) groups excluding carboxylic acids is 1. The Morgan fingerprint density at radius 3 is 2.33 bits per heavy atom. The topological polar surface area (TPSA) is 58.4 Å². The van der Waals surface area contributed by atoms with Crippen LogP contribution >= 0.6 is 0 Å². The molecule has 0 aliphatic carbocycles. The van der Waals surface area contributed by atoms with Crippen molar-refractivity contribution in [3.63, 3.8) is 0 Å². The molecule has 1 heterocycles. The summed E-state index contributed by atoms with van der Waals surface area (Å²) in [5.74, 6) is -0.262. The molecule has 0 aromatic heterocycles. The van der Waals surface area contributed by atoms with Crippen LogP contribution in [0.15, 0.2) is 24.3 Å². The molecule has 0 saturated carbocycles. The molecule has 1 amide bonds. The largest absolute Gasteiger partial charge is 0.368 e. The fourth-order valence-electron chi connectivity index (χ4n) is 3.01. The maximum atomic E-state index is 11.7. The highest BCUT2D eigenvalue weighted by Gasteiger charge is 2.30. The van der Waals surface area contributed by atoms with Crippen molar-refractivity contribution in [3.8, 4) is 0 Å². The van der Waals surface area contributed by atoms with Gasteiger partial charge < -0.3 is 16.0 Å². The van der Waals surface area contributed by atoms with Gasteiger partial charge in [0.15, 0.2) is 0 Å². The lowest BCUT2D eigenvalue weighted by Gasteiger charge is -2.30. The molecule has 1 atom stereocenters. The monoisotopic (exact) mass is 289 g/mol. The first-order chi connectivity index (χ1) is 10.0. The summed E-state index contributed by atoms with van der Waals surface area (Å²) in [6, 6.07) is 8.68. The molecule has 4 heteroatoms. The fraction of sp³-hybridized carbons (Fsp3) is 0.588. The Kier molecular flexibility index (Phi) is 5.37. The van der Waals surface area contributed by atoms with Crippen LogP contribution in [-0.4, -0.2) is 42.5 Å². The van der Waals surface area contributed by atoms with E-state index in [4.69, 9.17) is 5.73 Å². The van der Waals surface area contributed by atoms with E-state index in [9.17, 15) is 4.79 Å².